The monoisotopic (exact) mass is 303 g/mol. The fourth-order valence-electron chi connectivity index (χ4n) is 2.34. The molecule has 116 valence electrons. The molecule has 1 aromatic carbocycles. The first-order valence-electron chi connectivity index (χ1n) is 6.37. The van der Waals surface area contributed by atoms with Crippen molar-refractivity contribution in [2.75, 3.05) is 30.8 Å². The number of nitrogens with two attached hydrogens (primary N) is 1. The van der Waals surface area contributed by atoms with Crippen LogP contribution >= 0.6 is 0 Å². The Bertz CT molecular complexity index is 534. The van der Waals surface area contributed by atoms with Gasteiger partial charge in [-0.3, -0.25) is 0 Å². The van der Waals surface area contributed by atoms with E-state index in [-0.39, 0.29) is 11.7 Å². The van der Waals surface area contributed by atoms with Crippen LogP contribution in [0.3, 0.4) is 0 Å². The number of anilines is 2. The minimum absolute atomic E-state index is 0.0727. The second-order valence-electron chi connectivity index (χ2n) is 4.84. The van der Waals surface area contributed by atoms with Gasteiger partial charge in [-0.1, -0.05) is 0 Å². The predicted octanol–water partition coefficient (Wildman–Crippen LogP) is 2.22. The lowest BCUT2D eigenvalue weighted by Gasteiger charge is -2.21. The summed E-state index contributed by atoms with van der Waals surface area (Å²) in [4.78, 5) is 13.0. The summed E-state index contributed by atoms with van der Waals surface area (Å²) in [6.07, 6.45) is -4.26. The van der Waals surface area contributed by atoms with Gasteiger partial charge in [-0.25, -0.2) is 4.79 Å². The smallest absolute Gasteiger partial charge is 0.416 e. The Morgan fingerprint density at radius 2 is 2.19 bits per heavy atom. The molecule has 8 heteroatoms. The maximum atomic E-state index is 12.6. The van der Waals surface area contributed by atoms with Crippen molar-refractivity contribution < 1.29 is 22.7 Å². The van der Waals surface area contributed by atoms with E-state index in [1.54, 1.807) is 0 Å². The number of hydrogen-bond acceptors (Lipinski definition) is 4. The summed E-state index contributed by atoms with van der Waals surface area (Å²) >= 11 is 0. The van der Waals surface area contributed by atoms with E-state index in [2.05, 4.69) is 10.1 Å². The number of benzene rings is 1. The third kappa shape index (κ3) is 3.50. The molecule has 1 fully saturated rings. The van der Waals surface area contributed by atoms with Crippen LogP contribution in [-0.4, -0.2) is 32.3 Å². The first-order valence-corrected chi connectivity index (χ1v) is 6.37. The molecule has 3 N–H and O–H groups in total. The van der Waals surface area contributed by atoms with E-state index in [1.165, 1.54) is 13.2 Å². The summed E-state index contributed by atoms with van der Waals surface area (Å²) < 4.78 is 42.3. The van der Waals surface area contributed by atoms with Crippen LogP contribution in [0.5, 0.6) is 0 Å². The number of methoxy groups -OCH3 is 1. The van der Waals surface area contributed by atoms with Crippen molar-refractivity contribution in [3.05, 3.63) is 23.8 Å². The van der Waals surface area contributed by atoms with Gasteiger partial charge in [0.25, 0.3) is 0 Å². The largest absolute Gasteiger partial charge is 0.453 e. The molecule has 0 radical (unpaired) electrons. The molecule has 0 bridgehead atoms. The van der Waals surface area contributed by atoms with Crippen molar-refractivity contribution in [3.8, 4) is 0 Å². The lowest BCUT2D eigenvalue weighted by Crippen LogP contribution is -2.37. The van der Waals surface area contributed by atoms with Crippen LogP contribution in [-0.2, 0) is 10.9 Å². The summed E-state index contributed by atoms with van der Waals surface area (Å²) in [5, 5.41) is 2.66. The number of rotatable bonds is 2. The number of carbonyl (C=O) groups excluding carboxylic acids is 1. The van der Waals surface area contributed by atoms with Crippen LogP contribution in [0.4, 0.5) is 29.3 Å². The van der Waals surface area contributed by atoms with Crippen LogP contribution in [0.2, 0.25) is 0 Å². The van der Waals surface area contributed by atoms with Crippen molar-refractivity contribution in [2.45, 2.75) is 18.6 Å². The Morgan fingerprint density at radius 1 is 1.48 bits per heavy atom. The molecule has 0 spiro atoms. The topological polar surface area (TPSA) is 67.6 Å². The van der Waals surface area contributed by atoms with E-state index < -0.39 is 17.8 Å². The molecule has 21 heavy (non-hydrogen) atoms. The van der Waals surface area contributed by atoms with Crippen LogP contribution in [0.25, 0.3) is 0 Å². The van der Waals surface area contributed by atoms with Gasteiger partial charge in [0.1, 0.15) is 0 Å². The normalized spacial score (nSPS) is 18.7. The standard InChI is InChI=1S/C13H16F3N3O2/c1-21-12(20)18-9-4-5-19(7-9)11-3-2-8(6-10(11)17)13(14,15)16/h2-3,6,9H,4-5,7,17H2,1H3,(H,18,20). The van der Waals surface area contributed by atoms with Crippen molar-refractivity contribution in [3.63, 3.8) is 0 Å². The van der Waals surface area contributed by atoms with E-state index in [4.69, 9.17) is 5.73 Å². The molecule has 2 rings (SSSR count). The van der Waals surface area contributed by atoms with Gasteiger partial charge in [-0.05, 0) is 24.6 Å². The zero-order chi connectivity index (χ0) is 15.6. The third-order valence-corrected chi connectivity index (χ3v) is 3.39. The number of alkyl carbamates (subject to hydrolysis) is 1. The van der Waals surface area contributed by atoms with E-state index in [0.717, 1.165) is 12.1 Å². The maximum absolute atomic E-state index is 12.6. The number of hydrogen-bond donors (Lipinski definition) is 2. The molecule has 1 saturated heterocycles. The molecular weight excluding hydrogens is 287 g/mol. The van der Waals surface area contributed by atoms with Crippen LogP contribution in [0.1, 0.15) is 12.0 Å². The Labute approximate surface area is 119 Å². The van der Waals surface area contributed by atoms with E-state index >= 15 is 0 Å². The van der Waals surface area contributed by atoms with Crippen molar-refractivity contribution in [2.24, 2.45) is 0 Å². The molecule has 1 heterocycles. The summed E-state index contributed by atoms with van der Waals surface area (Å²) in [5.74, 6) is 0. The number of carbonyl (C=O) groups is 1. The van der Waals surface area contributed by atoms with Gasteiger partial charge in [0.15, 0.2) is 0 Å². The molecule has 0 aromatic heterocycles. The Balaban J connectivity index is 2.08. The first-order chi connectivity index (χ1) is 9.81. The fraction of sp³-hybridized carbons (Fsp3) is 0.462. The summed E-state index contributed by atoms with van der Waals surface area (Å²) in [5.41, 5.74) is 5.56. The van der Waals surface area contributed by atoms with Gasteiger partial charge >= 0.3 is 12.3 Å². The lowest BCUT2D eigenvalue weighted by atomic mass is 10.1. The average Bonchev–Trinajstić information content (AvgIpc) is 2.85. The van der Waals surface area contributed by atoms with Crippen LogP contribution < -0.4 is 16.0 Å². The number of nitrogens with one attached hydrogen (secondary N) is 1. The van der Waals surface area contributed by atoms with Crippen molar-refractivity contribution >= 4 is 17.5 Å². The quantitative estimate of drug-likeness (QED) is 0.822. The Morgan fingerprint density at radius 3 is 2.76 bits per heavy atom. The highest BCUT2D eigenvalue weighted by atomic mass is 19.4. The van der Waals surface area contributed by atoms with Crippen LogP contribution in [0, 0.1) is 0 Å². The summed E-state index contributed by atoms with van der Waals surface area (Å²) in [6.45, 7) is 1.08. The average molecular weight is 303 g/mol. The second-order valence-corrected chi connectivity index (χ2v) is 4.84. The number of ether oxygens (including phenoxy) is 1. The number of alkyl halides is 3. The summed E-state index contributed by atoms with van der Waals surface area (Å²) in [7, 11) is 1.27. The van der Waals surface area contributed by atoms with Crippen molar-refractivity contribution in [1.29, 1.82) is 0 Å². The molecule has 1 aliphatic rings. The van der Waals surface area contributed by atoms with Gasteiger partial charge in [-0.15, -0.1) is 0 Å². The Kier molecular flexibility index (Phi) is 4.15. The first kappa shape index (κ1) is 15.3. The zero-order valence-corrected chi connectivity index (χ0v) is 11.4. The predicted molar refractivity (Wildman–Crippen MR) is 72.0 cm³/mol. The minimum Gasteiger partial charge on any atom is -0.453 e. The molecule has 1 aromatic rings. The third-order valence-electron chi connectivity index (χ3n) is 3.39. The number of amides is 1. The van der Waals surface area contributed by atoms with Gasteiger partial charge in [0.2, 0.25) is 0 Å². The molecule has 5 nitrogen and oxygen atoms in total. The van der Waals surface area contributed by atoms with Crippen molar-refractivity contribution in [1.82, 2.24) is 5.32 Å². The van der Waals surface area contributed by atoms with Gasteiger partial charge < -0.3 is 20.7 Å². The van der Waals surface area contributed by atoms with Gasteiger partial charge in [0.05, 0.1) is 30.1 Å². The van der Waals surface area contributed by atoms with Crippen LogP contribution in [0.15, 0.2) is 18.2 Å². The van der Waals surface area contributed by atoms with Gasteiger partial charge in [0, 0.05) is 13.1 Å². The molecule has 1 aliphatic heterocycles. The van der Waals surface area contributed by atoms with Gasteiger partial charge in [-0.2, -0.15) is 13.2 Å². The molecular formula is C13H16F3N3O2. The maximum Gasteiger partial charge on any atom is 0.416 e. The number of nitrogens with zero attached hydrogens (tertiary/aromatic N) is 1. The molecule has 1 unspecified atom stereocenters. The SMILES string of the molecule is COC(=O)NC1CCN(c2ccc(C(F)(F)F)cc2N)C1. The minimum atomic E-state index is -4.41. The molecule has 0 saturated carbocycles. The number of halogens is 3. The summed E-state index contributed by atoms with van der Waals surface area (Å²) in [6, 6.07) is 3.18. The number of nitrogen functional groups attached to an aromatic ring is 1. The second kappa shape index (κ2) is 5.71. The van der Waals surface area contributed by atoms with E-state index in [0.29, 0.717) is 25.2 Å². The molecule has 1 atom stereocenters. The van der Waals surface area contributed by atoms with E-state index in [9.17, 15) is 18.0 Å². The highest BCUT2D eigenvalue weighted by Crippen LogP contribution is 2.35. The fourth-order valence-corrected chi connectivity index (χ4v) is 2.34. The highest BCUT2D eigenvalue weighted by molar-refractivity contribution is 5.70. The Hall–Kier alpha value is -2.12. The highest BCUT2D eigenvalue weighted by Gasteiger charge is 2.32. The van der Waals surface area contributed by atoms with E-state index in [1.807, 2.05) is 4.90 Å². The lowest BCUT2D eigenvalue weighted by molar-refractivity contribution is -0.137. The molecule has 1 amide bonds. The molecule has 0 aliphatic carbocycles. The zero-order valence-electron chi connectivity index (χ0n) is 11.4.